The summed E-state index contributed by atoms with van der Waals surface area (Å²) in [4.78, 5) is 26.1. The number of hydrogen-bond acceptors (Lipinski definition) is 4. The molecule has 1 heterocycles. The van der Waals surface area contributed by atoms with Gasteiger partial charge in [0.1, 0.15) is 5.75 Å². The highest BCUT2D eigenvalue weighted by Gasteiger charge is 2.20. The molecule has 0 bridgehead atoms. The molecule has 0 amide bonds. The zero-order chi connectivity index (χ0) is 16.1. The predicted molar refractivity (Wildman–Crippen MR) is 78.1 cm³/mol. The van der Waals surface area contributed by atoms with Gasteiger partial charge in [-0.05, 0) is 30.2 Å². The molecule has 0 saturated heterocycles. The van der Waals surface area contributed by atoms with E-state index in [-0.39, 0.29) is 12.3 Å². The van der Waals surface area contributed by atoms with Gasteiger partial charge in [0, 0.05) is 12.3 Å². The van der Waals surface area contributed by atoms with Gasteiger partial charge in [0.15, 0.2) is 0 Å². The van der Waals surface area contributed by atoms with Gasteiger partial charge in [-0.2, -0.15) is 0 Å². The summed E-state index contributed by atoms with van der Waals surface area (Å²) in [5, 5.41) is 18.1. The number of ether oxygens (including phenoxy) is 1. The fraction of sp³-hybridized carbons (Fsp3) is 0.188. The summed E-state index contributed by atoms with van der Waals surface area (Å²) >= 11 is 0. The van der Waals surface area contributed by atoms with Gasteiger partial charge in [0.2, 0.25) is 5.88 Å². The maximum absolute atomic E-state index is 11.1. The minimum Gasteiger partial charge on any atom is -0.481 e. The molecule has 1 atom stereocenters. The van der Waals surface area contributed by atoms with E-state index in [0.717, 1.165) is 0 Å². The molecule has 1 unspecified atom stereocenters. The smallest absolute Gasteiger partial charge is 0.310 e. The van der Waals surface area contributed by atoms with Gasteiger partial charge in [-0.1, -0.05) is 18.2 Å². The molecule has 2 rings (SSSR count). The van der Waals surface area contributed by atoms with E-state index in [9.17, 15) is 9.59 Å². The van der Waals surface area contributed by atoms with Crippen molar-refractivity contribution in [3.63, 3.8) is 0 Å². The first-order valence-electron chi connectivity index (χ1n) is 6.63. The third-order valence-electron chi connectivity index (χ3n) is 3.14. The van der Waals surface area contributed by atoms with Crippen molar-refractivity contribution in [2.24, 2.45) is 0 Å². The summed E-state index contributed by atoms with van der Waals surface area (Å²) in [5.74, 6) is -2.13. The fourth-order valence-corrected chi connectivity index (χ4v) is 1.99. The second-order valence-electron chi connectivity index (χ2n) is 4.77. The molecule has 2 aromatic rings. The van der Waals surface area contributed by atoms with Gasteiger partial charge < -0.3 is 14.9 Å². The van der Waals surface area contributed by atoms with Crippen LogP contribution in [0.4, 0.5) is 0 Å². The third-order valence-corrected chi connectivity index (χ3v) is 3.14. The molecule has 0 spiro atoms. The number of pyridine rings is 1. The molecule has 1 aromatic heterocycles. The summed E-state index contributed by atoms with van der Waals surface area (Å²) in [5.41, 5.74) is 0.749. The average Bonchev–Trinajstić information content (AvgIpc) is 2.47. The van der Waals surface area contributed by atoms with E-state index in [1.807, 2.05) is 6.07 Å². The Morgan fingerprint density at radius 3 is 2.50 bits per heavy atom. The minimum atomic E-state index is -1.05. The molecular weight excluding hydrogens is 286 g/mol. The average molecular weight is 301 g/mol. The number of aliphatic carboxylic acids is 2. The number of nitrogens with zero attached hydrogens (tertiary/aromatic N) is 1. The van der Waals surface area contributed by atoms with Crippen molar-refractivity contribution >= 4 is 11.9 Å². The highest BCUT2D eigenvalue weighted by Crippen LogP contribution is 2.26. The van der Waals surface area contributed by atoms with Gasteiger partial charge in [-0.15, -0.1) is 0 Å². The Labute approximate surface area is 127 Å². The van der Waals surface area contributed by atoms with Crippen LogP contribution in [0.3, 0.4) is 0 Å². The van der Waals surface area contributed by atoms with Gasteiger partial charge in [0.05, 0.1) is 12.3 Å². The molecule has 0 saturated carbocycles. The molecule has 1 aromatic carbocycles. The number of para-hydroxylation sites is 1. The monoisotopic (exact) mass is 301 g/mol. The molecule has 114 valence electrons. The van der Waals surface area contributed by atoms with Crippen LogP contribution in [0.1, 0.15) is 24.0 Å². The molecule has 0 aliphatic rings. The third kappa shape index (κ3) is 3.82. The van der Waals surface area contributed by atoms with Gasteiger partial charge in [0.25, 0.3) is 0 Å². The van der Waals surface area contributed by atoms with E-state index in [2.05, 4.69) is 4.98 Å². The SMILES string of the molecule is CC(C(=O)O)c1cnc(Oc2ccccc2)cc1CC(=O)O. The Balaban J connectivity index is 2.34. The van der Waals surface area contributed by atoms with Crippen molar-refractivity contribution in [2.45, 2.75) is 19.3 Å². The van der Waals surface area contributed by atoms with Crippen LogP contribution in [0.25, 0.3) is 0 Å². The highest BCUT2D eigenvalue weighted by molar-refractivity contribution is 5.77. The van der Waals surface area contributed by atoms with E-state index >= 15 is 0 Å². The summed E-state index contributed by atoms with van der Waals surface area (Å²) in [6, 6.07) is 10.4. The molecule has 0 fully saturated rings. The Bertz CT molecular complexity index is 684. The van der Waals surface area contributed by atoms with Gasteiger partial charge in [-0.3, -0.25) is 9.59 Å². The molecule has 0 aliphatic heterocycles. The normalized spacial score (nSPS) is 11.7. The lowest BCUT2D eigenvalue weighted by molar-refractivity contribution is -0.139. The van der Waals surface area contributed by atoms with E-state index in [1.165, 1.54) is 19.2 Å². The number of carboxylic acid groups (broad SMARTS) is 2. The lowest BCUT2D eigenvalue weighted by Gasteiger charge is -2.13. The van der Waals surface area contributed by atoms with Crippen molar-refractivity contribution < 1.29 is 24.5 Å². The standard InChI is InChI=1S/C16H15NO5/c1-10(16(20)21)13-9-17-14(7-11(13)8-15(18)19)22-12-5-3-2-4-6-12/h2-7,9-10H,8H2,1H3,(H,18,19)(H,20,21). The summed E-state index contributed by atoms with van der Waals surface area (Å²) in [6.45, 7) is 1.49. The number of benzene rings is 1. The number of carbonyl (C=O) groups is 2. The van der Waals surface area contributed by atoms with Crippen LogP contribution in [0.5, 0.6) is 11.6 Å². The van der Waals surface area contributed by atoms with E-state index in [1.54, 1.807) is 24.3 Å². The number of rotatable bonds is 6. The largest absolute Gasteiger partial charge is 0.481 e. The quantitative estimate of drug-likeness (QED) is 0.851. The van der Waals surface area contributed by atoms with Crippen LogP contribution in [0.15, 0.2) is 42.6 Å². The van der Waals surface area contributed by atoms with Gasteiger partial charge in [-0.25, -0.2) is 4.98 Å². The van der Waals surface area contributed by atoms with Crippen LogP contribution in [0.2, 0.25) is 0 Å². The van der Waals surface area contributed by atoms with Crippen LogP contribution >= 0.6 is 0 Å². The first kappa shape index (κ1) is 15.5. The summed E-state index contributed by atoms with van der Waals surface area (Å²) < 4.78 is 5.54. The second kappa shape index (κ2) is 6.71. The Hall–Kier alpha value is -2.89. The predicted octanol–water partition coefficient (Wildman–Crippen LogP) is 2.69. The number of aromatic nitrogens is 1. The lowest BCUT2D eigenvalue weighted by Crippen LogP contribution is -2.13. The zero-order valence-electron chi connectivity index (χ0n) is 11.9. The number of hydrogen-bond donors (Lipinski definition) is 2. The van der Waals surface area contributed by atoms with Crippen molar-refractivity contribution in [2.75, 3.05) is 0 Å². The number of carboxylic acids is 2. The minimum absolute atomic E-state index is 0.226. The molecule has 2 N–H and O–H groups in total. The first-order chi connectivity index (χ1) is 10.5. The molecule has 0 radical (unpaired) electrons. The van der Waals surface area contributed by atoms with Crippen molar-refractivity contribution in [3.05, 3.63) is 53.7 Å². The van der Waals surface area contributed by atoms with E-state index in [0.29, 0.717) is 16.9 Å². The van der Waals surface area contributed by atoms with Gasteiger partial charge >= 0.3 is 11.9 Å². The summed E-state index contributed by atoms with van der Waals surface area (Å²) in [7, 11) is 0. The molecular formula is C16H15NO5. The van der Waals surface area contributed by atoms with E-state index < -0.39 is 17.9 Å². The fourth-order valence-electron chi connectivity index (χ4n) is 1.99. The van der Waals surface area contributed by atoms with Crippen molar-refractivity contribution in [1.82, 2.24) is 4.98 Å². The summed E-state index contributed by atoms with van der Waals surface area (Å²) in [6.07, 6.45) is 1.07. The first-order valence-corrected chi connectivity index (χ1v) is 6.63. The van der Waals surface area contributed by atoms with Crippen LogP contribution in [-0.2, 0) is 16.0 Å². The molecule has 22 heavy (non-hydrogen) atoms. The zero-order valence-corrected chi connectivity index (χ0v) is 11.9. The molecule has 6 heteroatoms. The van der Waals surface area contributed by atoms with Crippen LogP contribution in [0, 0.1) is 0 Å². The topological polar surface area (TPSA) is 96.7 Å². The van der Waals surface area contributed by atoms with E-state index in [4.69, 9.17) is 14.9 Å². The second-order valence-corrected chi connectivity index (χ2v) is 4.77. The molecule has 0 aliphatic carbocycles. The van der Waals surface area contributed by atoms with Crippen molar-refractivity contribution in [1.29, 1.82) is 0 Å². The Kier molecular flexibility index (Phi) is 4.73. The maximum atomic E-state index is 11.1. The maximum Gasteiger partial charge on any atom is 0.310 e. The molecule has 6 nitrogen and oxygen atoms in total. The van der Waals surface area contributed by atoms with Crippen molar-refractivity contribution in [3.8, 4) is 11.6 Å². The van der Waals surface area contributed by atoms with Crippen LogP contribution in [-0.4, -0.2) is 27.1 Å². The van der Waals surface area contributed by atoms with Crippen LogP contribution < -0.4 is 4.74 Å². The Morgan fingerprint density at radius 2 is 1.91 bits per heavy atom. The lowest BCUT2D eigenvalue weighted by atomic mass is 9.96. The highest BCUT2D eigenvalue weighted by atomic mass is 16.5. The Morgan fingerprint density at radius 1 is 1.23 bits per heavy atom.